The van der Waals surface area contributed by atoms with Crippen molar-refractivity contribution in [2.45, 2.75) is 0 Å². The zero-order valence-corrected chi connectivity index (χ0v) is 26.1. The minimum absolute atomic E-state index is 0.881. The lowest BCUT2D eigenvalue weighted by Gasteiger charge is -2.19. The smallest absolute Gasteiger partial charge is 0.141 e. The Labute approximate surface area is 273 Å². The maximum atomic E-state index is 4.88. The molecule has 0 spiro atoms. The summed E-state index contributed by atoms with van der Waals surface area (Å²) in [5.74, 6) is 0. The van der Waals surface area contributed by atoms with Crippen LogP contribution in [0.1, 0.15) is 0 Å². The number of nitrogens with zero attached hydrogens (tertiary/aromatic N) is 4. The normalized spacial score (nSPS) is 11.5. The Morgan fingerprint density at radius 3 is 1.54 bits per heavy atom. The summed E-state index contributed by atoms with van der Waals surface area (Å²) in [6.07, 6.45) is 7.62. The molecule has 0 radical (unpaired) electrons. The fourth-order valence-electron chi connectivity index (χ4n) is 6.48. The Bertz CT molecular complexity index is 2500. The number of pyridine rings is 2. The number of aromatic nitrogens is 4. The molecule has 0 amide bonds. The standard InChI is InChI=1S/C40H24N4S2/c1-2-8-29-25(6-1)7-5-11-30(29)26-12-15-33-34(22-26)38(28-14-17-36(44-24-28)40-42-19-21-46-40)32-10-4-3-9-31(32)37(33)27-13-16-35(43-23-27)39-41-18-20-45-39/h1-24H. The molecule has 0 saturated carbocycles. The van der Waals surface area contributed by atoms with Gasteiger partial charge >= 0.3 is 0 Å². The highest BCUT2D eigenvalue weighted by Crippen LogP contribution is 2.45. The Kier molecular flexibility index (Phi) is 6.47. The highest BCUT2D eigenvalue weighted by atomic mass is 32.1. The van der Waals surface area contributed by atoms with Crippen molar-refractivity contribution in [2.75, 3.05) is 0 Å². The lowest BCUT2D eigenvalue weighted by atomic mass is 9.85. The molecule has 0 N–H and O–H groups in total. The van der Waals surface area contributed by atoms with E-state index < -0.39 is 0 Å². The predicted molar refractivity (Wildman–Crippen MR) is 193 cm³/mol. The SMILES string of the molecule is c1ccc2c(-c3ccc4c(-c5ccc(-c6nccs6)nc5)c5ccccc5c(-c5ccc(-c6nccs6)nc5)c4c3)cccc2c1. The van der Waals surface area contributed by atoms with E-state index in [2.05, 4.69) is 119 Å². The third-order valence-electron chi connectivity index (χ3n) is 8.53. The average molecular weight is 625 g/mol. The van der Waals surface area contributed by atoms with Gasteiger partial charge in [0.2, 0.25) is 0 Å². The van der Waals surface area contributed by atoms with Gasteiger partial charge in [0.1, 0.15) is 10.0 Å². The first-order valence-electron chi connectivity index (χ1n) is 15.0. The maximum Gasteiger partial charge on any atom is 0.141 e. The molecule has 0 unspecified atom stereocenters. The first-order chi connectivity index (χ1) is 22.8. The van der Waals surface area contributed by atoms with Crippen molar-refractivity contribution in [2.24, 2.45) is 0 Å². The number of hydrogen-bond donors (Lipinski definition) is 0. The van der Waals surface area contributed by atoms with Gasteiger partial charge in [0, 0.05) is 46.7 Å². The summed E-state index contributed by atoms with van der Waals surface area (Å²) in [6.45, 7) is 0. The van der Waals surface area contributed by atoms with Crippen LogP contribution in [0.4, 0.5) is 0 Å². The summed E-state index contributed by atoms with van der Waals surface area (Å²) in [7, 11) is 0. The Balaban J connectivity index is 1.33. The molecule has 4 nitrogen and oxygen atoms in total. The lowest BCUT2D eigenvalue weighted by molar-refractivity contribution is 1.29. The van der Waals surface area contributed by atoms with E-state index in [1.54, 1.807) is 22.7 Å². The van der Waals surface area contributed by atoms with Crippen molar-refractivity contribution in [3.05, 3.63) is 145 Å². The molecule has 0 aliphatic carbocycles. The first-order valence-corrected chi connectivity index (χ1v) is 16.8. The van der Waals surface area contributed by atoms with Crippen LogP contribution in [0.15, 0.2) is 145 Å². The van der Waals surface area contributed by atoms with Gasteiger partial charge in [-0.1, -0.05) is 91.0 Å². The third-order valence-corrected chi connectivity index (χ3v) is 10.1. The third kappa shape index (κ3) is 4.50. The van der Waals surface area contributed by atoms with Gasteiger partial charge in [0.15, 0.2) is 0 Å². The molecule has 46 heavy (non-hydrogen) atoms. The second-order valence-electron chi connectivity index (χ2n) is 11.1. The second kappa shape index (κ2) is 11.1. The van der Waals surface area contributed by atoms with Crippen molar-refractivity contribution >= 4 is 55.0 Å². The maximum absolute atomic E-state index is 4.88. The molecule has 4 heterocycles. The van der Waals surface area contributed by atoms with E-state index in [9.17, 15) is 0 Å². The Hall–Kier alpha value is -5.56. The van der Waals surface area contributed by atoms with Gasteiger partial charge < -0.3 is 0 Å². The number of hydrogen-bond acceptors (Lipinski definition) is 6. The summed E-state index contributed by atoms with van der Waals surface area (Å²) in [4.78, 5) is 18.7. The Morgan fingerprint density at radius 2 is 0.957 bits per heavy atom. The first kappa shape index (κ1) is 26.8. The van der Waals surface area contributed by atoms with Crippen LogP contribution in [0.25, 0.3) is 87.1 Å². The summed E-state index contributed by atoms with van der Waals surface area (Å²) >= 11 is 3.20. The van der Waals surface area contributed by atoms with E-state index in [-0.39, 0.29) is 0 Å². The molecule has 0 aliphatic rings. The molecule has 0 aliphatic heterocycles. The van der Waals surface area contributed by atoms with Crippen LogP contribution in [0.2, 0.25) is 0 Å². The monoisotopic (exact) mass is 624 g/mol. The van der Waals surface area contributed by atoms with E-state index in [1.807, 2.05) is 35.5 Å². The van der Waals surface area contributed by atoms with Gasteiger partial charge in [0.05, 0.1) is 11.4 Å². The predicted octanol–water partition coefficient (Wildman–Crippen LogP) is 11.2. The molecule has 0 fully saturated rings. The van der Waals surface area contributed by atoms with Gasteiger partial charge in [-0.3, -0.25) is 9.97 Å². The van der Waals surface area contributed by atoms with E-state index in [0.29, 0.717) is 0 Å². The summed E-state index contributed by atoms with van der Waals surface area (Å²) in [6, 6.07) is 39.2. The van der Waals surface area contributed by atoms with Crippen molar-refractivity contribution in [3.8, 4) is 54.8 Å². The fraction of sp³-hybridized carbons (Fsp3) is 0. The number of thiazole rings is 2. The van der Waals surface area contributed by atoms with Crippen molar-refractivity contribution in [1.82, 2.24) is 19.9 Å². The molecule has 0 bridgehead atoms. The molecule has 216 valence electrons. The number of benzene rings is 5. The summed E-state index contributed by atoms with van der Waals surface area (Å²) in [5, 5.41) is 13.0. The van der Waals surface area contributed by atoms with Gasteiger partial charge in [-0.05, 0) is 72.8 Å². The quantitative estimate of drug-likeness (QED) is 0.179. The van der Waals surface area contributed by atoms with Gasteiger partial charge in [-0.25, -0.2) is 9.97 Å². The highest BCUT2D eigenvalue weighted by molar-refractivity contribution is 7.13. The Morgan fingerprint density at radius 1 is 0.413 bits per heavy atom. The van der Waals surface area contributed by atoms with E-state index >= 15 is 0 Å². The molecule has 0 saturated heterocycles. The average Bonchev–Trinajstić information content (AvgIpc) is 3.87. The molecular formula is C40H24N4S2. The van der Waals surface area contributed by atoms with Crippen molar-refractivity contribution < 1.29 is 0 Å². The number of rotatable bonds is 5. The second-order valence-corrected chi connectivity index (χ2v) is 12.9. The van der Waals surface area contributed by atoms with Crippen LogP contribution in [-0.2, 0) is 0 Å². The van der Waals surface area contributed by atoms with Crippen LogP contribution in [-0.4, -0.2) is 19.9 Å². The molecule has 9 aromatic rings. The van der Waals surface area contributed by atoms with Crippen molar-refractivity contribution in [3.63, 3.8) is 0 Å². The van der Waals surface area contributed by atoms with Crippen LogP contribution in [0.3, 0.4) is 0 Å². The van der Waals surface area contributed by atoms with Crippen LogP contribution >= 0.6 is 22.7 Å². The summed E-state index contributed by atoms with van der Waals surface area (Å²) in [5.41, 5.74) is 8.64. The highest BCUT2D eigenvalue weighted by Gasteiger charge is 2.19. The van der Waals surface area contributed by atoms with E-state index in [1.165, 1.54) is 54.6 Å². The fourth-order valence-corrected chi connectivity index (χ4v) is 7.71. The molecule has 5 aromatic carbocycles. The molecule has 4 aromatic heterocycles. The largest absolute Gasteiger partial charge is 0.253 e. The number of fused-ring (bicyclic) bond motifs is 3. The molecule has 6 heteroatoms. The van der Waals surface area contributed by atoms with Crippen molar-refractivity contribution in [1.29, 1.82) is 0 Å². The molecule has 0 atom stereocenters. The van der Waals surface area contributed by atoms with Gasteiger partial charge in [-0.15, -0.1) is 22.7 Å². The van der Waals surface area contributed by atoms with E-state index in [0.717, 1.165) is 32.5 Å². The van der Waals surface area contributed by atoms with E-state index in [4.69, 9.17) is 9.97 Å². The summed E-state index contributed by atoms with van der Waals surface area (Å²) < 4.78 is 0. The zero-order valence-electron chi connectivity index (χ0n) is 24.5. The van der Waals surface area contributed by atoms with Crippen LogP contribution in [0, 0.1) is 0 Å². The van der Waals surface area contributed by atoms with Gasteiger partial charge in [-0.2, -0.15) is 0 Å². The minimum atomic E-state index is 0.881. The molecule has 9 rings (SSSR count). The van der Waals surface area contributed by atoms with Crippen LogP contribution in [0.5, 0.6) is 0 Å². The minimum Gasteiger partial charge on any atom is -0.253 e. The van der Waals surface area contributed by atoms with Crippen LogP contribution < -0.4 is 0 Å². The van der Waals surface area contributed by atoms with Gasteiger partial charge in [0.25, 0.3) is 0 Å². The molecular weight excluding hydrogens is 601 g/mol. The lowest BCUT2D eigenvalue weighted by Crippen LogP contribution is -1.93. The topological polar surface area (TPSA) is 51.6 Å². The zero-order chi connectivity index (χ0) is 30.5.